The lowest BCUT2D eigenvalue weighted by atomic mass is 10.0. The van der Waals surface area contributed by atoms with E-state index >= 15 is 0 Å². The van der Waals surface area contributed by atoms with Crippen LogP contribution in [0.3, 0.4) is 0 Å². The molecule has 0 spiro atoms. The van der Waals surface area contributed by atoms with Crippen molar-refractivity contribution in [1.82, 2.24) is 19.1 Å². The molecule has 0 unspecified atom stereocenters. The number of fused-ring (bicyclic) bond motifs is 6. The summed E-state index contributed by atoms with van der Waals surface area (Å²) in [4.78, 5) is 20.8. The topological polar surface area (TPSA) is 48.6 Å². The summed E-state index contributed by atoms with van der Waals surface area (Å²) in [7, 11) is 0. The molecule has 4 heterocycles. The predicted octanol–water partition coefficient (Wildman–Crippen LogP) is 24.2. The number of hydrogen-bond donors (Lipinski definition) is 0. The van der Waals surface area contributed by atoms with Crippen molar-refractivity contribution in [2.24, 2.45) is 0 Å². The van der Waals surface area contributed by atoms with E-state index in [9.17, 15) is 0 Å². The van der Waals surface area contributed by atoms with E-state index in [-0.39, 0.29) is 0 Å². The SMILES string of the molecule is Cc1cccc(-c2cccc(-c3cc(-n4c5cccc(N(c6ccccc6)c6ccccc6)c5c5c(N(c6ccccc6)c6ccccc6)cccc54)nc(-n4c5cccc(N(c6ccccc6)c6ccccc6)c5c5c(N(c6ccccc6)c6ccccc6)cccc54)c3)c2)n1. The third-order valence-electron chi connectivity index (χ3n) is 18.3. The van der Waals surface area contributed by atoms with Gasteiger partial charge in [-0.1, -0.05) is 194 Å². The van der Waals surface area contributed by atoms with Crippen molar-refractivity contribution < 1.29 is 0 Å². The van der Waals surface area contributed by atoms with Crippen LogP contribution in [-0.4, -0.2) is 19.1 Å². The predicted molar refractivity (Wildman–Crippen MR) is 405 cm³/mol. The summed E-state index contributed by atoms with van der Waals surface area (Å²) in [5.41, 5.74) is 21.2. The van der Waals surface area contributed by atoms with Crippen molar-refractivity contribution >= 4 is 112 Å². The van der Waals surface area contributed by atoms with Crippen LogP contribution in [0.4, 0.5) is 68.2 Å². The van der Waals surface area contributed by atoms with Gasteiger partial charge in [-0.25, -0.2) is 4.98 Å². The second kappa shape index (κ2) is 25.1. The first-order chi connectivity index (χ1) is 48.1. The number of nitrogens with zero attached hydrogens (tertiary/aromatic N) is 8. The molecule has 0 aliphatic carbocycles. The van der Waals surface area contributed by atoms with E-state index < -0.39 is 0 Å². The molecule has 0 radical (unpaired) electrons. The van der Waals surface area contributed by atoms with E-state index in [0.717, 1.165) is 152 Å². The number of hydrogen-bond acceptors (Lipinski definition) is 6. The quantitative estimate of drug-likeness (QED) is 0.0961. The van der Waals surface area contributed by atoms with Crippen LogP contribution in [0, 0.1) is 6.92 Å². The minimum Gasteiger partial charge on any atom is -0.310 e. The van der Waals surface area contributed by atoms with Gasteiger partial charge in [-0.15, -0.1) is 0 Å². The maximum atomic E-state index is 6.16. The van der Waals surface area contributed by atoms with Gasteiger partial charge in [0.25, 0.3) is 0 Å². The Bertz CT molecular complexity index is 4910. The van der Waals surface area contributed by atoms with Gasteiger partial charge in [0.2, 0.25) is 0 Å². The van der Waals surface area contributed by atoms with Crippen molar-refractivity contribution in [2.45, 2.75) is 6.92 Å². The summed E-state index contributed by atoms with van der Waals surface area (Å²) in [5.74, 6) is 1.48. The molecule has 0 saturated heterocycles. The molecule has 0 amide bonds. The minimum absolute atomic E-state index is 0.741. The van der Waals surface area contributed by atoms with Crippen LogP contribution in [0.1, 0.15) is 5.69 Å². The largest absolute Gasteiger partial charge is 0.310 e. The van der Waals surface area contributed by atoms with Crippen LogP contribution in [0.25, 0.3) is 77.6 Å². The van der Waals surface area contributed by atoms with Gasteiger partial charge in [-0.3, -0.25) is 14.1 Å². The number of benzene rings is 13. The fraction of sp³-hybridized carbons (Fsp3) is 0.0112. The summed E-state index contributed by atoms with van der Waals surface area (Å²) >= 11 is 0. The molecule has 0 aliphatic heterocycles. The van der Waals surface area contributed by atoms with Gasteiger partial charge in [0.1, 0.15) is 11.6 Å². The Morgan fingerprint density at radius 1 is 0.216 bits per heavy atom. The van der Waals surface area contributed by atoms with E-state index in [2.05, 4.69) is 406 Å². The van der Waals surface area contributed by atoms with Gasteiger partial charge < -0.3 is 19.6 Å². The fourth-order valence-electron chi connectivity index (χ4n) is 14.2. The van der Waals surface area contributed by atoms with Crippen molar-refractivity contribution in [2.75, 3.05) is 19.6 Å². The standard InChI is InChI=1S/C89H64N8/c1-63-32-26-51-75(90-63)65-34-27-33-64(60-65)66-61-84(96-80-56-28-52-76(92(67-35-10-2-11-36-67)68-37-12-3-13-38-68)86(80)87-77(53-29-57-81(87)96)93(69-39-14-4-15-40-69)70-41-16-5-17-42-70)91-85(62-66)97-82-58-30-54-78(94(71-43-18-6-19-44-71)72-45-20-7-21-46-72)88(82)89-79(55-31-59-83(89)97)95(73-47-22-8-23-48-73)74-49-24-9-25-50-74/h2-62H,1H3. The number of para-hydroxylation sites is 8. The lowest BCUT2D eigenvalue weighted by Gasteiger charge is -2.28. The highest BCUT2D eigenvalue weighted by Crippen LogP contribution is 2.52. The van der Waals surface area contributed by atoms with E-state index in [0.29, 0.717) is 0 Å². The molecule has 460 valence electrons. The average molecular weight is 1250 g/mol. The molecule has 97 heavy (non-hydrogen) atoms. The monoisotopic (exact) mass is 1240 g/mol. The van der Waals surface area contributed by atoms with Crippen LogP contribution in [0.15, 0.2) is 370 Å². The van der Waals surface area contributed by atoms with Gasteiger partial charge in [0.15, 0.2) is 0 Å². The molecule has 17 aromatic rings. The van der Waals surface area contributed by atoms with Crippen LogP contribution >= 0.6 is 0 Å². The Labute approximate surface area is 564 Å². The number of rotatable bonds is 16. The zero-order valence-electron chi connectivity index (χ0n) is 53.3. The molecule has 0 bridgehead atoms. The lowest BCUT2D eigenvalue weighted by molar-refractivity contribution is 1.01. The molecule has 0 saturated carbocycles. The number of pyridine rings is 2. The van der Waals surface area contributed by atoms with Crippen LogP contribution < -0.4 is 19.6 Å². The summed E-state index contributed by atoms with van der Waals surface area (Å²) < 4.78 is 4.81. The van der Waals surface area contributed by atoms with E-state index in [1.165, 1.54) is 0 Å². The molecule has 0 aliphatic rings. The summed E-state index contributed by atoms with van der Waals surface area (Å²) in [5, 5.41) is 4.26. The molecule has 4 aromatic heterocycles. The molecular weight excluding hydrogens is 1180 g/mol. The fourth-order valence-corrected chi connectivity index (χ4v) is 14.2. The maximum absolute atomic E-state index is 6.16. The van der Waals surface area contributed by atoms with Crippen molar-refractivity contribution in [3.05, 3.63) is 376 Å². The average Bonchev–Trinajstić information content (AvgIpc) is 1.57. The first-order valence-electron chi connectivity index (χ1n) is 32.9. The molecule has 8 nitrogen and oxygen atoms in total. The molecule has 8 heteroatoms. The zero-order valence-corrected chi connectivity index (χ0v) is 53.3. The smallest absolute Gasteiger partial charge is 0.140 e. The molecule has 0 atom stereocenters. The summed E-state index contributed by atoms with van der Waals surface area (Å²) in [6.07, 6.45) is 0. The second-order valence-corrected chi connectivity index (χ2v) is 24.2. The van der Waals surface area contributed by atoms with Crippen molar-refractivity contribution in [3.8, 4) is 34.0 Å². The Morgan fingerprint density at radius 3 is 0.753 bits per heavy atom. The Morgan fingerprint density at radius 2 is 0.474 bits per heavy atom. The zero-order chi connectivity index (χ0) is 64.6. The maximum Gasteiger partial charge on any atom is 0.140 e. The highest BCUT2D eigenvalue weighted by molar-refractivity contribution is 6.23. The second-order valence-electron chi connectivity index (χ2n) is 24.2. The Hall–Kier alpha value is -13.0. The number of aromatic nitrogens is 4. The van der Waals surface area contributed by atoms with Crippen LogP contribution in [0.5, 0.6) is 0 Å². The summed E-state index contributed by atoms with van der Waals surface area (Å²) in [6, 6.07) is 132. The van der Waals surface area contributed by atoms with Crippen LogP contribution in [-0.2, 0) is 0 Å². The third kappa shape index (κ3) is 10.6. The normalized spacial score (nSPS) is 11.4. The molecule has 13 aromatic carbocycles. The lowest BCUT2D eigenvalue weighted by Crippen LogP contribution is -2.11. The summed E-state index contributed by atoms with van der Waals surface area (Å²) in [6.45, 7) is 2.05. The molecule has 0 fully saturated rings. The molecule has 0 N–H and O–H groups in total. The Balaban J connectivity index is 1.02. The molecule has 17 rings (SSSR count). The van der Waals surface area contributed by atoms with E-state index in [1.807, 2.05) is 0 Å². The van der Waals surface area contributed by atoms with Gasteiger partial charge in [-0.05, 0) is 194 Å². The van der Waals surface area contributed by atoms with Gasteiger partial charge >= 0.3 is 0 Å². The van der Waals surface area contributed by atoms with E-state index in [1.54, 1.807) is 0 Å². The Kier molecular flexibility index (Phi) is 15.0. The van der Waals surface area contributed by atoms with Gasteiger partial charge in [-0.2, -0.15) is 0 Å². The first-order valence-corrected chi connectivity index (χ1v) is 32.9. The highest BCUT2D eigenvalue weighted by Gasteiger charge is 2.30. The third-order valence-corrected chi connectivity index (χ3v) is 18.3. The number of anilines is 12. The van der Waals surface area contributed by atoms with Crippen LogP contribution in [0.2, 0.25) is 0 Å². The minimum atomic E-state index is 0.741. The molecular formula is C89H64N8. The number of aryl methyl sites for hydroxylation is 1. The van der Waals surface area contributed by atoms with Crippen molar-refractivity contribution in [1.29, 1.82) is 0 Å². The van der Waals surface area contributed by atoms with Gasteiger partial charge in [0.05, 0.1) is 50.5 Å². The highest BCUT2D eigenvalue weighted by atomic mass is 15.2. The van der Waals surface area contributed by atoms with Crippen molar-refractivity contribution in [3.63, 3.8) is 0 Å². The van der Waals surface area contributed by atoms with E-state index in [4.69, 9.17) is 9.97 Å². The van der Waals surface area contributed by atoms with Gasteiger partial charge in [0, 0.05) is 78.3 Å². The first kappa shape index (κ1) is 57.8.